The maximum Gasteiger partial charge on any atom is 0.295 e. The molecule has 0 spiro atoms. The molecule has 1 aliphatic rings. The normalized spacial score (nSPS) is 14.5. The molecule has 1 aromatic heterocycles. The summed E-state index contributed by atoms with van der Waals surface area (Å²) >= 11 is 0. The van der Waals surface area contributed by atoms with Crippen molar-refractivity contribution >= 4 is 28.5 Å². The number of hydrogen-bond donors (Lipinski definition) is 1. The zero-order chi connectivity index (χ0) is 15.7. The SMILES string of the molecule is NC(=O)Cn1cc(C(=O)C(=O)N2CCCC2)c2ccccc21. The molecule has 22 heavy (non-hydrogen) atoms. The lowest BCUT2D eigenvalue weighted by Gasteiger charge is -2.13. The number of ketones is 1. The van der Waals surface area contributed by atoms with Crippen LogP contribution in [0.3, 0.4) is 0 Å². The van der Waals surface area contributed by atoms with Gasteiger partial charge in [-0.2, -0.15) is 0 Å². The number of carbonyl (C=O) groups is 3. The molecule has 1 aromatic carbocycles. The molecule has 6 nitrogen and oxygen atoms in total. The fourth-order valence-electron chi connectivity index (χ4n) is 2.91. The number of hydrogen-bond acceptors (Lipinski definition) is 3. The van der Waals surface area contributed by atoms with E-state index in [4.69, 9.17) is 5.73 Å². The largest absolute Gasteiger partial charge is 0.368 e. The van der Waals surface area contributed by atoms with Gasteiger partial charge in [0.25, 0.3) is 11.7 Å². The van der Waals surface area contributed by atoms with Gasteiger partial charge in [-0.25, -0.2) is 0 Å². The summed E-state index contributed by atoms with van der Waals surface area (Å²) in [6.07, 6.45) is 3.41. The molecule has 1 fully saturated rings. The highest BCUT2D eigenvalue weighted by molar-refractivity contribution is 6.44. The van der Waals surface area contributed by atoms with E-state index >= 15 is 0 Å². The fraction of sp³-hybridized carbons (Fsp3) is 0.312. The van der Waals surface area contributed by atoms with E-state index in [-0.39, 0.29) is 6.54 Å². The second kappa shape index (κ2) is 5.63. The Balaban J connectivity index is 2.01. The molecule has 0 radical (unpaired) electrons. The van der Waals surface area contributed by atoms with Crippen LogP contribution in [0.5, 0.6) is 0 Å². The summed E-state index contributed by atoms with van der Waals surface area (Å²) in [6, 6.07) is 7.19. The Labute approximate surface area is 127 Å². The summed E-state index contributed by atoms with van der Waals surface area (Å²) in [7, 11) is 0. The maximum atomic E-state index is 12.5. The van der Waals surface area contributed by atoms with Crippen LogP contribution in [0.4, 0.5) is 0 Å². The second-order valence-corrected chi connectivity index (χ2v) is 5.48. The van der Waals surface area contributed by atoms with Gasteiger partial charge in [0.2, 0.25) is 5.91 Å². The van der Waals surface area contributed by atoms with Crippen molar-refractivity contribution in [3.05, 3.63) is 36.0 Å². The van der Waals surface area contributed by atoms with E-state index in [0.717, 1.165) is 18.4 Å². The number of nitrogens with two attached hydrogens (primary N) is 1. The average molecular weight is 299 g/mol. The van der Waals surface area contributed by atoms with Gasteiger partial charge in [0.1, 0.15) is 6.54 Å². The third-order valence-electron chi connectivity index (χ3n) is 3.95. The standard InChI is InChI=1S/C16H17N3O3/c17-14(20)10-19-9-12(11-5-1-2-6-13(11)19)15(21)16(22)18-7-3-4-8-18/h1-2,5-6,9H,3-4,7-8,10H2,(H2,17,20). The minimum Gasteiger partial charge on any atom is -0.368 e. The first-order valence-corrected chi connectivity index (χ1v) is 7.27. The Kier molecular flexibility index (Phi) is 3.66. The smallest absolute Gasteiger partial charge is 0.295 e. The van der Waals surface area contributed by atoms with E-state index in [1.165, 1.54) is 0 Å². The van der Waals surface area contributed by atoms with Crippen molar-refractivity contribution in [3.63, 3.8) is 0 Å². The Morgan fingerprint density at radius 3 is 2.45 bits per heavy atom. The Bertz CT molecular complexity index is 757. The van der Waals surface area contributed by atoms with Gasteiger partial charge in [-0.05, 0) is 18.9 Å². The molecule has 6 heteroatoms. The monoisotopic (exact) mass is 299 g/mol. The van der Waals surface area contributed by atoms with Gasteiger partial charge in [-0.15, -0.1) is 0 Å². The molecule has 0 saturated carbocycles. The van der Waals surface area contributed by atoms with Crippen molar-refractivity contribution in [2.45, 2.75) is 19.4 Å². The number of benzene rings is 1. The van der Waals surface area contributed by atoms with Crippen molar-refractivity contribution in [2.75, 3.05) is 13.1 Å². The molecule has 2 N–H and O–H groups in total. The lowest BCUT2D eigenvalue weighted by atomic mass is 10.1. The third kappa shape index (κ3) is 2.47. The Morgan fingerprint density at radius 2 is 1.77 bits per heavy atom. The molecular weight excluding hydrogens is 282 g/mol. The number of carbonyl (C=O) groups excluding carboxylic acids is 3. The first-order chi connectivity index (χ1) is 10.6. The molecule has 0 atom stereocenters. The minimum atomic E-state index is -0.527. The first-order valence-electron chi connectivity index (χ1n) is 7.27. The molecule has 3 rings (SSSR count). The molecule has 2 heterocycles. The number of para-hydroxylation sites is 1. The summed E-state index contributed by atoms with van der Waals surface area (Å²) in [5.74, 6) is -1.49. The maximum absolute atomic E-state index is 12.5. The van der Waals surface area contributed by atoms with Crippen LogP contribution in [0.15, 0.2) is 30.5 Å². The van der Waals surface area contributed by atoms with Gasteiger partial charge < -0.3 is 15.2 Å². The van der Waals surface area contributed by atoms with Crippen LogP contribution in [0.1, 0.15) is 23.2 Å². The van der Waals surface area contributed by atoms with Crippen LogP contribution < -0.4 is 5.73 Å². The molecule has 2 amide bonds. The van der Waals surface area contributed by atoms with Crippen molar-refractivity contribution < 1.29 is 14.4 Å². The van der Waals surface area contributed by atoms with Gasteiger partial charge in [0, 0.05) is 30.2 Å². The van der Waals surface area contributed by atoms with Crippen molar-refractivity contribution in [2.24, 2.45) is 5.73 Å². The lowest BCUT2D eigenvalue weighted by molar-refractivity contribution is -0.125. The highest BCUT2D eigenvalue weighted by atomic mass is 16.2. The van der Waals surface area contributed by atoms with Gasteiger partial charge >= 0.3 is 0 Å². The summed E-state index contributed by atoms with van der Waals surface area (Å²) in [5, 5.41) is 0.668. The molecule has 1 aliphatic heterocycles. The molecule has 1 saturated heterocycles. The van der Waals surface area contributed by atoms with E-state index in [9.17, 15) is 14.4 Å². The number of nitrogens with zero attached hydrogens (tertiary/aromatic N) is 2. The van der Waals surface area contributed by atoms with E-state index in [2.05, 4.69) is 0 Å². The number of primary amides is 1. The van der Waals surface area contributed by atoms with Gasteiger partial charge in [-0.3, -0.25) is 14.4 Å². The number of Topliss-reactive ketones (excluding diaryl/α,β-unsaturated/α-hetero) is 1. The summed E-state index contributed by atoms with van der Waals surface area (Å²) < 4.78 is 1.61. The average Bonchev–Trinajstić information content (AvgIpc) is 3.14. The molecule has 0 aliphatic carbocycles. The van der Waals surface area contributed by atoms with Crippen LogP contribution in [-0.4, -0.2) is 40.2 Å². The topological polar surface area (TPSA) is 85.4 Å². The molecule has 0 bridgehead atoms. The molecule has 2 aromatic rings. The van der Waals surface area contributed by atoms with Crippen LogP contribution in [0, 0.1) is 0 Å². The van der Waals surface area contributed by atoms with Crippen LogP contribution in [-0.2, 0) is 16.1 Å². The van der Waals surface area contributed by atoms with Gasteiger partial charge in [0.15, 0.2) is 0 Å². The minimum absolute atomic E-state index is 0.0221. The Morgan fingerprint density at radius 1 is 1.09 bits per heavy atom. The molecule has 0 unspecified atom stereocenters. The lowest BCUT2D eigenvalue weighted by Crippen LogP contribution is -2.34. The van der Waals surface area contributed by atoms with E-state index in [0.29, 0.717) is 24.0 Å². The number of fused-ring (bicyclic) bond motifs is 1. The van der Waals surface area contributed by atoms with Crippen molar-refractivity contribution in [3.8, 4) is 0 Å². The fourth-order valence-corrected chi connectivity index (χ4v) is 2.91. The highest BCUT2D eigenvalue weighted by Gasteiger charge is 2.28. The van der Waals surface area contributed by atoms with Crippen LogP contribution >= 0.6 is 0 Å². The van der Waals surface area contributed by atoms with E-state index in [1.54, 1.807) is 33.9 Å². The summed E-state index contributed by atoms with van der Waals surface area (Å²) in [4.78, 5) is 37.6. The number of aromatic nitrogens is 1. The summed E-state index contributed by atoms with van der Waals surface area (Å²) in [6.45, 7) is 1.24. The predicted molar refractivity (Wildman–Crippen MR) is 81.3 cm³/mol. The van der Waals surface area contributed by atoms with Crippen LogP contribution in [0.25, 0.3) is 10.9 Å². The first kappa shape index (κ1) is 14.3. The number of rotatable bonds is 4. The van der Waals surface area contributed by atoms with Gasteiger partial charge in [-0.1, -0.05) is 18.2 Å². The second-order valence-electron chi connectivity index (χ2n) is 5.48. The van der Waals surface area contributed by atoms with E-state index in [1.807, 2.05) is 6.07 Å². The van der Waals surface area contributed by atoms with Gasteiger partial charge in [0.05, 0.1) is 5.56 Å². The predicted octanol–water partition coefficient (Wildman–Crippen LogP) is 0.932. The zero-order valence-electron chi connectivity index (χ0n) is 12.1. The third-order valence-corrected chi connectivity index (χ3v) is 3.95. The number of likely N-dealkylation sites (tertiary alicyclic amines) is 1. The quantitative estimate of drug-likeness (QED) is 0.673. The Hall–Kier alpha value is -2.63. The molecule has 114 valence electrons. The number of amides is 2. The zero-order valence-corrected chi connectivity index (χ0v) is 12.1. The highest BCUT2D eigenvalue weighted by Crippen LogP contribution is 2.23. The van der Waals surface area contributed by atoms with E-state index < -0.39 is 17.6 Å². The van der Waals surface area contributed by atoms with Crippen LogP contribution in [0.2, 0.25) is 0 Å². The molecular formula is C16H17N3O3. The van der Waals surface area contributed by atoms with Crippen molar-refractivity contribution in [1.29, 1.82) is 0 Å². The van der Waals surface area contributed by atoms with Crippen molar-refractivity contribution in [1.82, 2.24) is 9.47 Å². The summed E-state index contributed by atoms with van der Waals surface area (Å²) in [5.41, 5.74) is 6.29.